The minimum Gasteiger partial charge on any atom is -0.462 e. The molecule has 7 nitrogen and oxygen atoms in total. The lowest BCUT2D eigenvalue weighted by atomic mass is 10.1. The van der Waals surface area contributed by atoms with Crippen LogP contribution in [0, 0.1) is 0 Å². The Hall–Kier alpha value is -4.13. The van der Waals surface area contributed by atoms with Crippen LogP contribution in [0.25, 0.3) is 0 Å². The largest absolute Gasteiger partial charge is 0.462 e. The Bertz CT molecular complexity index is 1180. The molecule has 0 aliphatic carbocycles. The summed E-state index contributed by atoms with van der Waals surface area (Å²) < 4.78 is 5.04. The summed E-state index contributed by atoms with van der Waals surface area (Å²) in [6, 6.07) is 21.4. The molecule has 1 aliphatic heterocycles. The first-order valence-corrected chi connectivity index (χ1v) is 10.9. The zero-order valence-electron chi connectivity index (χ0n) is 18.3. The number of esters is 1. The third kappa shape index (κ3) is 5.03. The number of para-hydroxylation sites is 1. The number of hydrogen-bond acceptors (Lipinski definition) is 4. The van der Waals surface area contributed by atoms with Crippen molar-refractivity contribution in [2.45, 2.75) is 19.9 Å². The highest BCUT2D eigenvalue weighted by atomic mass is 16.5. The van der Waals surface area contributed by atoms with Gasteiger partial charge in [0.05, 0.1) is 17.9 Å². The van der Waals surface area contributed by atoms with Gasteiger partial charge in [-0.3, -0.25) is 4.79 Å². The molecule has 3 aromatic carbocycles. The number of rotatable bonds is 6. The first-order valence-electron chi connectivity index (χ1n) is 10.9. The van der Waals surface area contributed by atoms with Gasteiger partial charge in [-0.1, -0.05) is 42.5 Å². The summed E-state index contributed by atoms with van der Waals surface area (Å²) in [4.78, 5) is 39.1. The highest BCUT2D eigenvalue weighted by molar-refractivity contribution is 6.07. The zero-order chi connectivity index (χ0) is 23.2. The Kier molecular flexibility index (Phi) is 6.69. The highest BCUT2D eigenvalue weighted by Crippen LogP contribution is 2.30. The van der Waals surface area contributed by atoms with Crippen molar-refractivity contribution in [1.82, 2.24) is 5.32 Å². The van der Waals surface area contributed by atoms with Crippen molar-refractivity contribution in [3.8, 4) is 0 Å². The van der Waals surface area contributed by atoms with Crippen molar-refractivity contribution in [3.63, 3.8) is 0 Å². The fourth-order valence-electron chi connectivity index (χ4n) is 3.84. The van der Waals surface area contributed by atoms with Crippen molar-refractivity contribution in [1.29, 1.82) is 0 Å². The van der Waals surface area contributed by atoms with Crippen LogP contribution in [0.2, 0.25) is 0 Å². The molecule has 3 amide bonds. The summed E-state index contributed by atoms with van der Waals surface area (Å²) in [6.07, 6.45) is 0.765. The van der Waals surface area contributed by atoms with Gasteiger partial charge < -0.3 is 20.3 Å². The molecule has 4 rings (SSSR count). The molecular weight excluding hydrogens is 418 g/mol. The fourth-order valence-corrected chi connectivity index (χ4v) is 3.84. The van der Waals surface area contributed by atoms with E-state index in [0.29, 0.717) is 29.9 Å². The molecule has 1 heterocycles. The van der Waals surface area contributed by atoms with E-state index in [1.807, 2.05) is 48.5 Å². The number of benzene rings is 3. The van der Waals surface area contributed by atoms with E-state index in [1.54, 1.807) is 36.1 Å². The number of fused-ring (bicyclic) bond motifs is 1. The summed E-state index contributed by atoms with van der Waals surface area (Å²) in [5, 5.41) is 5.52. The summed E-state index contributed by atoms with van der Waals surface area (Å²) in [7, 11) is 0. The molecule has 0 bridgehead atoms. The topological polar surface area (TPSA) is 87.7 Å². The molecule has 0 radical (unpaired) electrons. The van der Waals surface area contributed by atoms with Crippen LogP contribution < -0.4 is 15.5 Å². The molecule has 0 spiro atoms. The smallest absolute Gasteiger partial charge is 0.340 e. The standard InChI is InChI=1S/C26H25N3O4/c1-2-33-25(31)21-10-6-7-11-22(21)28-26(32)27-17-18-12-13-23-20(16-18)14-15-29(23)24(30)19-8-4-3-5-9-19/h3-13,16H,2,14-15,17H2,1H3,(H2,27,28,32). The van der Waals surface area contributed by atoms with Crippen LogP contribution in [0.15, 0.2) is 72.8 Å². The maximum Gasteiger partial charge on any atom is 0.340 e. The zero-order valence-corrected chi connectivity index (χ0v) is 18.3. The van der Waals surface area contributed by atoms with E-state index in [-0.39, 0.29) is 12.5 Å². The first-order chi connectivity index (χ1) is 16.1. The molecule has 168 valence electrons. The Labute approximate surface area is 192 Å². The van der Waals surface area contributed by atoms with Gasteiger partial charge in [-0.05, 0) is 54.8 Å². The quantitative estimate of drug-likeness (QED) is 0.553. The van der Waals surface area contributed by atoms with Gasteiger partial charge in [0.1, 0.15) is 0 Å². The second-order valence-corrected chi connectivity index (χ2v) is 7.61. The number of nitrogens with one attached hydrogen (secondary N) is 2. The van der Waals surface area contributed by atoms with Crippen molar-refractivity contribution in [3.05, 3.63) is 95.1 Å². The lowest BCUT2D eigenvalue weighted by Crippen LogP contribution is -2.29. The Morgan fingerprint density at radius 2 is 1.73 bits per heavy atom. The van der Waals surface area contributed by atoms with E-state index in [0.717, 1.165) is 23.2 Å². The van der Waals surface area contributed by atoms with Gasteiger partial charge in [0.2, 0.25) is 0 Å². The molecule has 3 aromatic rings. The molecule has 0 saturated carbocycles. The lowest BCUT2D eigenvalue weighted by Gasteiger charge is -2.18. The predicted octanol–water partition coefficient (Wildman–Crippen LogP) is 4.39. The van der Waals surface area contributed by atoms with E-state index < -0.39 is 12.0 Å². The van der Waals surface area contributed by atoms with Gasteiger partial charge in [-0.2, -0.15) is 0 Å². The van der Waals surface area contributed by atoms with Crippen LogP contribution in [0.5, 0.6) is 0 Å². The van der Waals surface area contributed by atoms with Crippen LogP contribution >= 0.6 is 0 Å². The molecular formula is C26H25N3O4. The van der Waals surface area contributed by atoms with Gasteiger partial charge in [0.25, 0.3) is 5.91 Å². The maximum absolute atomic E-state index is 12.8. The van der Waals surface area contributed by atoms with E-state index in [2.05, 4.69) is 10.6 Å². The summed E-state index contributed by atoms with van der Waals surface area (Å²) >= 11 is 0. The third-order valence-electron chi connectivity index (χ3n) is 5.43. The number of hydrogen-bond donors (Lipinski definition) is 2. The van der Waals surface area contributed by atoms with E-state index in [9.17, 15) is 14.4 Å². The van der Waals surface area contributed by atoms with Gasteiger partial charge in [0.15, 0.2) is 0 Å². The number of carbonyl (C=O) groups is 3. The van der Waals surface area contributed by atoms with Crippen LogP contribution in [0.1, 0.15) is 38.8 Å². The second kappa shape index (κ2) is 9.99. The van der Waals surface area contributed by atoms with E-state index in [4.69, 9.17) is 4.74 Å². The molecule has 0 saturated heterocycles. The second-order valence-electron chi connectivity index (χ2n) is 7.61. The predicted molar refractivity (Wildman–Crippen MR) is 127 cm³/mol. The average Bonchev–Trinajstić information content (AvgIpc) is 3.26. The van der Waals surface area contributed by atoms with Crippen LogP contribution in [-0.4, -0.2) is 31.1 Å². The third-order valence-corrected chi connectivity index (χ3v) is 5.43. The minimum atomic E-state index is -0.485. The van der Waals surface area contributed by atoms with Gasteiger partial charge in [0, 0.05) is 24.3 Å². The number of anilines is 2. The monoisotopic (exact) mass is 443 g/mol. The summed E-state index contributed by atoms with van der Waals surface area (Å²) in [5.41, 5.74) is 4.26. The number of nitrogens with zero attached hydrogens (tertiary/aromatic N) is 1. The Morgan fingerprint density at radius 3 is 2.52 bits per heavy atom. The number of ether oxygens (including phenoxy) is 1. The molecule has 0 fully saturated rings. The number of urea groups is 1. The van der Waals surface area contributed by atoms with Crippen LogP contribution in [0.4, 0.5) is 16.2 Å². The summed E-state index contributed by atoms with van der Waals surface area (Å²) in [5.74, 6) is -0.499. The van der Waals surface area contributed by atoms with Gasteiger partial charge >= 0.3 is 12.0 Å². The van der Waals surface area contributed by atoms with Crippen molar-refractivity contribution < 1.29 is 19.1 Å². The van der Waals surface area contributed by atoms with Crippen molar-refractivity contribution in [2.24, 2.45) is 0 Å². The highest BCUT2D eigenvalue weighted by Gasteiger charge is 2.25. The first kappa shape index (κ1) is 22.1. The fraction of sp³-hybridized carbons (Fsp3) is 0.192. The summed E-state index contributed by atoms with van der Waals surface area (Å²) in [6.45, 7) is 2.93. The van der Waals surface area contributed by atoms with Gasteiger partial charge in [-0.25, -0.2) is 9.59 Å². The normalized spacial score (nSPS) is 12.1. The van der Waals surface area contributed by atoms with Crippen molar-refractivity contribution in [2.75, 3.05) is 23.4 Å². The molecule has 7 heteroatoms. The lowest BCUT2D eigenvalue weighted by molar-refractivity contribution is 0.0527. The minimum absolute atomic E-state index is 0.0140. The SMILES string of the molecule is CCOC(=O)c1ccccc1NC(=O)NCc1ccc2c(c1)CCN2C(=O)c1ccccc1. The molecule has 0 aromatic heterocycles. The Morgan fingerprint density at radius 1 is 0.970 bits per heavy atom. The molecule has 2 N–H and O–H groups in total. The van der Waals surface area contributed by atoms with Gasteiger partial charge in [-0.15, -0.1) is 0 Å². The van der Waals surface area contributed by atoms with Crippen LogP contribution in [-0.2, 0) is 17.7 Å². The molecule has 0 unspecified atom stereocenters. The van der Waals surface area contributed by atoms with E-state index >= 15 is 0 Å². The Balaban J connectivity index is 1.38. The maximum atomic E-state index is 12.8. The molecule has 0 atom stereocenters. The molecule has 1 aliphatic rings. The average molecular weight is 444 g/mol. The van der Waals surface area contributed by atoms with Crippen molar-refractivity contribution >= 4 is 29.3 Å². The van der Waals surface area contributed by atoms with E-state index in [1.165, 1.54) is 0 Å². The number of carbonyl (C=O) groups excluding carboxylic acids is 3. The number of amides is 3. The van der Waals surface area contributed by atoms with Crippen LogP contribution in [0.3, 0.4) is 0 Å². The molecule has 33 heavy (non-hydrogen) atoms.